The second-order valence-electron chi connectivity index (χ2n) is 6.97. The summed E-state index contributed by atoms with van der Waals surface area (Å²) >= 11 is 5.69. The highest BCUT2D eigenvalue weighted by Crippen LogP contribution is 2.27. The van der Waals surface area contributed by atoms with Crippen LogP contribution >= 0.6 is 22.9 Å². The first-order valence-electron chi connectivity index (χ1n) is 9.66. The van der Waals surface area contributed by atoms with E-state index in [0.29, 0.717) is 17.9 Å². The maximum atomic E-state index is 12.7. The van der Waals surface area contributed by atoms with E-state index in [1.54, 1.807) is 17.4 Å². The highest BCUT2D eigenvalue weighted by molar-refractivity contribution is 7.77. The van der Waals surface area contributed by atoms with Crippen molar-refractivity contribution in [3.8, 4) is 0 Å². The summed E-state index contributed by atoms with van der Waals surface area (Å²) in [4.78, 5) is 17.4. The first kappa shape index (κ1) is 22.8. The second kappa shape index (κ2) is 11.0. The van der Waals surface area contributed by atoms with Crippen LogP contribution in [0.4, 0.5) is 0 Å². The van der Waals surface area contributed by atoms with Crippen molar-refractivity contribution >= 4 is 40.1 Å². The minimum atomic E-state index is -2.05. The standard InChI is InChI=1S/C21H24ClN3O3S2/c1-2-16-13-29-21(23-16)19(11-14-7-9-17(10-8-14)25-30(27)28)24-20(26)12-15-5-3-4-6-18(15)22/h3-9,13,17,19,25H,2,10-12H2,1H3,(H,24,26)(H,27,28)/t17?,19-/m0/s1. The molecule has 3 rings (SSSR count). The predicted octanol–water partition coefficient (Wildman–Crippen LogP) is 4.13. The molecule has 0 bridgehead atoms. The van der Waals surface area contributed by atoms with Gasteiger partial charge in [0.2, 0.25) is 17.2 Å². The van der Waals surface area contributed by atoms with Crippen molar-refractivity contribution in [2.75, 3.05) is 0 Å². The molecule has 3 atom stereocenters. The highest BCUT2D eigenvalue weighted by atomic mass is 35.5. The van der Waals surface area contributed by atoms with Crippen LogP contribution in [-0.4, -0.2) is 25.7 Å². The molecular formula is C21H24ClN3O3S2. The van der Waals surface area contributed by atoms with Crippen LogP contribution in [-0.2, 0) is 28.9 Å². The van der Waals surface area contributed by atoms with E-state index < -0.39 is 11.3 Å². The number of carbonyl (C=O) groups excluding carboxylic acids is 1. The largest absolute Gasteiger partial charge is 0.346 e. The van der Waals surface area contributed by atoms with Gasteiger partial charge in [0.15, 0.2) is 0 Å². The lowest BCUT2D eigenvalue weighted by Gasteiger charge is -2.20. The van der Waals surface area contributed by atoms with Crippen molar-refractivity contribution in [3.63, 3.8) is 0 Å². The Hall–Kier alpha value is -1.84. The van der Waals surface area contributed by atoms with Crippen molar-refractivity contribution in [1.29, 1.82) is 0 Å². The number of benzene rings is 1. The van der Waals surface area contributed by atoms with E-state index in [1.807, 2.05) is 41.8 Å². The van der Waals surface area contributed by atoms with Gasteiger partial charge < -0.3 is 5.32 Å². The third-order valence-corrected chi connectivity index (χ3v) is 6.62. The molecule has 1 aromatic carbocycles. The maximum Gasteiger partial charge on any atom is 0.232 e. The lowest BCUT2D eigenvalue weighted by molar-refractivity contribution is -0.121. The molecule has 6 nitrogen and oxygen atoms in total. The van der Waals surface area contributed by atoms with Gasteiger partial charge in [0, 0.05) is 16.4 Å². The summed E-state index contributed by atoms with van der Waals surface area (Å²) < 4.78 is 22.5. The molecule has 0 fully saturated rings. The van der Waals surface area contributed by atoms with E-state index in [9.17, 15) is 9.00 Å². The van der Waals surface area contributed by atoms with Crippen molar-refractivity contribution in [2.45, 2.75) is 44.7 Å². The summed E-state index contributed by atoms with van der Waals surface area (Å²) in [7, 11) is 0. The fourth-order valence-electron chi connectivity index (χ4n) is 3.17. The summed E-state index contributed by atoms with van der Waals surface area (Å²) in [5, 5.41) is 6.57. The number of allylic oxidation sites excluding steroid dienone is 1. The monoisotopic (exact) mass is 465 g/mol. The quantitative estimate of drug-likeness (QED) is 0.485. The summed E-state index contributed by atoms with van der Waals surface area (Å²) in [6.45, 7) is 2.05. The second-order valence-corrected chi connectivity index (χ2v) is 9.00. The molecule has 2 unspecified atom stereocenters. The van der Waals surface area contributed by atoms with Gasteiger partial charge in [0.25, 0.3) is 0 Å². The smallest absolute Gasteiger partial charge is 0.232 e. The van der Waals surface area contributed by atoms with Gasteiger partial charge >= 0.3 is 0 Å². The van der Waals surface area contributed by atoms with Crippen LogP contribution in [0.3, 0.4) is 0 Å². The maximum absolute atomic E-state index is 12.7. The predicted molar refractivity (Wildman–Crippen MR) is 122 cm³/mol. The Morgan fingerprint density at radius 1 is 1.43 bits per heavy atom. The van der Waals surface area contributed by atoms with Gasteiger partial charge in [0.1, 0.15) is 5.01 Å². The van der Waals surface area contributed by atoms with E-state index in [1.165, 1.54) is 0 Å². The van der Waals surface area contributed by atoms with Crippen LogP contribution in [0.5, 0.6) is 0 Å². The van der Waals surface area contributed by atoms with Crippen LogP contribution < -0.4 is 10.0 Å². The number of thiazole rings is 1. The van der Waals surface area contributed by atoms with Gasteiger partial charge in [-0.15, -0.1) is 11.3 Å². The first-order valence-corrected chi connectivity index (χ1v) is 12.0. The summed E-state index contributed by atoms with van der Waals surface area (Å²) in [5.74, 6) is -0.114. The Kier molecular flexibility index (Phi) is 8.35. The number of nitrogens with one attached hydrogen (secondary N) is 2. The third kappa shape index (κ3) is 6.58. The molecule has 0 saturated heterocycles. The molecule has 1 heterocycles. The number of aromatic nitrogens is 1. The highest BCUT2D eigenvalue weighted by Gasteiger charge is 2.21. The fraction of sp³-hybridized carbons (Fsp3) is 0.333. The fourth-order valence-corrected chi connectivity index (χ4v) is 4.76. The van der Waals surface area contributed by atoms with Crippen molar-refractivity contribution in [1.82, 2.24) is 15.0 Å². The van der Waals surface area contributed by atoms with Crippen LogP contribution in [0, 0.1) is 0 Å². The number of carbonyl (C=O) groups is 1. The lowest BCUT2D eigenvalue weighted by atomic mass is 9.98. The van der Waals surface area contributed by atoms with Gasteiger partial charge in [0.05, 0.1) is 18.2 Å². The zero-order valence-corrected chi connectivity index (χ0v) is 18.9. The average Bonchev–Trinajstić information content (AvgIpc) is 3.19. The molecule has 1 amide bonds. The van der Waals surface area contributed by atoms with Crippen molar-refractivity contribution in [2.24, 2.45) is 0 Å². The van der Waals surface area contributed by atoms with Gasteiger partial charge in [-0.1, -0.05) is 55.0 Å². The zero-order chi connectivity index (χ0) is 21.5. The van der Waals surface area contributed by atoms with E-state index in [0.717, 1.165) is 28.3 Å². The number of hydrogen-bond donors (Lipinski definition) is 3. The summed E-state index contributed by atoms with van der Waals surface area (Å²) in [6, 6.07) is 6.89. The van der Waals surface area contributed by atoms with Gasteiger partial charge in [-0.2, -0.15) is 0 Å². The van der Waals surface area contributed by atoms with E-state index in [-0.39, 0.29) is 24.4 Å². The Morgan fingerprint density at radius 3 is 2.87 bits per heavy atom. The molecule has 2 aromatic rings. The van der Waals surface area contributed by atoms with Crippen LogP contribution in [0.15, 0.2) is 53.4 Å². The Balaban J connectivity index is 1.70. The molecule has 0 spiro atoms. The SMILES string of the molecule is CCc1csc([C@H](CC2=CCC(NS(=O)O)C=C2)NC(=O)Cc2ccccc2Cl)n1. The number of nitrogens with zero attached hydrogens (tertiary/aromatic N) is 1. The van der Waals surface area contributed by atoms with Gasteiger partial charge in [-0.25, -0.2) is 13.9 Å². The van der Waals surface area contributed by atoms with E-state index >= 15 is 0 Å². The molecule has 3 N–H and O–H groups in total. The normalized spacial score (nSPS) is 18.0. The summed E-state index contributed by atoms with van der Waals surface area (Å²) in [6.07, 6.45) is 8.05. The molecule has 0 radical (unpaired) electrons. The van der Waals surface area contributed by atoms with E-state index in [4.69, 9.17) is 16.2 Å². The van der Waals surface area contributed by atoms with E-state index in [2.05, 4.69) is 21.9 Å². The van der Waals surface area contributed by atoms with Crippen LogP contribution in [0.2, 0.25) is 5.02 Å². The Bertz CT molecular complexity index is 974. The molecule has 0 saturated carbocycles. The molecule has 9 heteroatoms. The number of hydrogen-bond acceptors (Lipinski definition) is 4. The first-order chi connectivity index (χ1) is 14.4. The minimum Gasteiger partial charge on any atom is -0.346 e. The average molecular weight is 466 g/mol. The molecule has 1 aliphatic carbocycles. The molecule has 160 valence electrons. The zero-order valence-electron chi connectivity index (χ0n) is 16.5. The number of aryl methyl sites for hydroxylation is 1. The minimum absolute atomic E-state index is 0.114. The molecule has 30 heavy (non-hydrogen) atoms. The molecular weight excluding hydrogens is 442 g/mol. The Morgan fingerprint density at radius 2 is 2.23 bits per heavy atom. The molecule has 1 aromatic heterocycles. The number of halogens is 1. The number of amides is 1. The van der Waals surface area contributed by atoms with Crippen LogP contribution in [0.1, 0.15) is 42.1 Å². The molecule has 1 aliphatic rings. The van der Waals surface area contributed by atoms with Crippen molar-refractivity contribution in [3.05, 3.63) is 74.7 Å². The lowest BCUT2D eigenvalue weighted by Crippen LogP contribution is -2.31. The molecule has 0 aliphatic heterocycles. The third-order valence-electron chi connectivity index (χ3n) is 4.74. The van der Waals surface area contributed by atoms with Crippen LogP contribution in [0.25, 0.3) is 0 Å². The van der Waals surface area contributed by atoms with Gasteiger partial charge in [-0.05, 0) is 36.5 Å². The topological polar surface area (TPSA) is 91.3 Å². The van der Waals surface area contributed by atoms with Gasteiger partial charge in [-0.3, -0.25) is 9.35 Å². The Labute approximate surface area is 187 Å². The van der Waals surface area contributed by atoms with Crippen molar-refractivity contribution < 1.29 is 13.6 Å². The summed E-state index contributed by atoms with van der Waals surface area (Å²) in [5.41, 5.74) is 2.84. The number of rotatable bonds is 9.